The lowest BCUT2D eigenvalue weighted by atomic mass is 9.61. The van der Waals surface area contributed by atoms with Crippen LogP contribution in [0.5, 0.6) is 0 Å². The van der Waals surface area contributed by atoms with Crippen LogP contribution in [-0.2, 0) is 5.41 Å². The maximum Gasteiger partial charge on any atom is 0.0633 e. The fourth-order valence-corrected chi connectivity index (χ4v) is 12.3. The summed E-state index contributed by atoms with van der Waals surface area (Å²) in [5.41, 5.74) is 17.0. The average Bonchev–Trinajstić information content (AvgIpc) is 4.07. The minimum absolute atomic E-state index is 0.0868. The predicted octanol–water partition coefficient (Wildman–Crippen LogP) is 15.5. The van der Waals surface area contributed by atoms with Crippen LogP contribution in [0.4, 0.5) is 0 Å². The third kappa shape index (κ3) is 5.71. The molecule has 0 fully saturated rings. The van der Waals surface area contributed by atoms with Gasteiger partial charge in [0.2, 0.25) is 0 Å². The van der Waals surface area contributed by atoms with E-state index in [1.165, 1.54) is 77.1 Å². The third-order valence-electron chi connectivity index (χ3n) is 14.6. The molecular formula is C62H49N3. The van der Waals surface area contributed by atoms with Crippen molar-refractivity contribution in [1.29, 1.82) is 0 Å². The van der Waals surface area contributed by atoms with E-state index in [0.717, 1.165) is 22.7 Å². The fraction of sp³-hybridized carbons (Fsp3) is 0.113. The number of fused-ring (bicyclic) bond motifs is 17. The second-order valence-corrected chi connectivity index (χ2v) is 18.0. The van der Waals surface area contributed by atoms with Gasteiger partial charge in [0.25, 0.3) is 0 Å². The van der Waals surface area contributed by atoms with Gasteiger partial charge in [-0.25, -0.2) is 0 Å². The molecule has 3 nitrogen and oxygen atoms in total. The van der Waals surface area contributed by atoms with Crippen molar-refractivity contribution in [3.63, 3.8) is 0 Å². The summed E-state index contributed by atoms with van der Waals surface area (Å²) in [6.45, 7) is 12.8. The third-order valence-corrected chi connectivity index (χ3v) is 14.6. The van der Waals surface area contributed by atoms with Crippen molar-refractivity contribution in [3.8, 4) is 5.69 Å². The van der Waals surface area contributed by atoms with Crippen molar-refractivity contribution in [1.82, 2.24) is 9.13 Å². The Balaban J connectivity index is 0.000000140. The Morgan fingerprint density at radius 3 is 1.83 bits per heavy atom. The minimum atomic E-state index is -0.0868. The zero-order chi connectivity index (χ0) is 43.8. The first kappa shape index (κ1) is 38.9. The summed E-state index contributed by atoms with van der Waals surface area (Å²) in [6.07, 6.45) is 18.7. The maximum absolute atomic E-state index is 5.03. The second-order valence-electron chi connectivity index (χ2n) is 18.0. The normalized spacial score (nSPS) is 21.1. The molecule has 13 rings (SSSR count). The summed E-state index contributed by atoms with van der Waals surface area (Å²) < 4.78 is 4.65. The van der Waals surface area contributed by atoms with Crippen LogP contribution in [0.3, 0.4) is 0 Å². The number of para-hydroxylation sites is 3. The second kappa shape index (κ2) is 15.2. The molecule has 9 aromatic rings. The topological polar surface area (TPSA) is 22.2 Å². The molecule has 0 aliphatic heterocycles. The van der Waals surface area contributed by atoms with Crippen LogP contribution in [0.2, 0.25) is 0 Å². The monoisotopic (exact) mass is 835 g/mol. The van der Waals surface area contributed by atoms with Gasteiger partial charge in [-0.1, -0.05) is 189 Å². The number of aliphatic imine (C=N–C) groups is 1. The molecule has 4 aliphatic rings. The van der Waals surface area contributed by atoms with Crippen LogP contribution >= 0.6 is 0 Å². The van der Waals surface area contributed by atoms with Gasteiger partial charge >= 0.3 is 0 Å². The van der Waals surface area contributed by atoms with Crippen molar-refractivity contribution >= 4 is 60.7 Å². The standard InChI is InChI=1S/C35H29N.C27H20N2/c1-23(25-13-4-3-5-14-25)36-24(2)26-18-12-22-33-34(26)29-17-8-11-21-32(29)35(33)30-19-9-6-15-27(30)28-16-7-10-20-31(28)35;1-18(2)28-22-14-8-6-12-20(22)26-24(28)16-17-25-27(26)21-13-7-9-15-23(21)29(25)19-10-4-3-5-11-19/h3-22,27,29-30,32H,1H2,2H3;3-17H,1H2,2H3. The Hall–Kier alpha value is -7.75. The lowest BCUT2D eigenvalue weighted by molar-refractivity contribution is 0.312. The van der Waals surface area contributed by atoms with Gasteiger partial charge in [0, 0.05) is 67.7 Å². The van der Waals surface area contributed by atoms with Gasteiger partial charge in [-0.3, -0.25) is 4.99 Å². The quantitative estimate of drug-likeness (QED) is 0.154. The highest BCUT2D eigenvalue weighted by atomic mass is 15.0. The van der Waals surface area contributed by atoms with E-state index in [-0.39, 0.29) is 5.41 Å². The van der Waals surface area contributed by atoms with Gasteiger partial charge < -0.3 is 9.13 Å². The SMILES string of the molecule is C=C(C)n1c2ccccc2c2c3c4ccccc4n(-c4ccccc4)c3ccc21.C=C(N=C(C)c1cccc2c1C1C=CC=CC1C21c2ccccc2C2C=CC=CC21)c1ccccc1. The molecule has 0 amide bonds. The number of hydrogen-bond donors (Lipinski definition) is 0. The number of allylic oxidation sites excluding steroid dienone is 9. The first-order chi connectivity index (χ1) is 32.0. The molecule has 2 heterocycles. The number of aromatic nitrogens is 2. The van der Waals surface area contributed by atoms with Crippen molar-refractivity contribution in [2.75, 3.05) is 0 Å². The Labute approximate surface area is 380 Å². The summed E-state index contributed by atoms with van der Waals surface area (Å²) in [4.78, 5) is 5.03. The molecule has 4 aliphatic carbocycles. The number of rotatable bonds is 5. The highest BCUT2D eigenvalue weighted by Crippen LogP contribution is 2.67. The smallest absolute Gasteiger partial charge is 0.0633 e. The van der Waals surface area contributed by atoms with E-state index in [4.69, 9.17) is 4.99 Å². The molecule has 1 spiro atoms. The van der Waals surface area contributed by atoms with Gasteiger partial charge in [-0.2, -0.15) is 0 Å². The molecule has 7 aromatic carbocycles. The highest BCUT2D eigenvalue weighted by Gasteiger charge is 2.61. The number of benzene rings is 7. The molecule has 312 valence electrons. The number of nitrogens with zero attached hydrogens (tertiary/aromatic N) is 3. The molecule has 0 bridgehead atoms. The van der Waals surface area contributed by atoms with E-state index in [1.807, 2.05) is 18.2 Å². The number of hydrogen-bond acceptors (Lipinski definition) is 1. The van der Waals surface area contributed by atoms with Crippen LogP contribution in [0.25, 0.3) is 60.7 Å². The molecule has 65 heavy (non-hydrogen) atoms. The van der Waals surface area contributed by atoms with Crippen LogP contribution in [0.15, 0.2) is 231 Å². The Morgan fingerprint density at radius 1 is 0.508 bits per heavy atom. The Bertz CT molecular complexity index is 3570. The summed E-state index contributed by atoms with van der Waals surface area (Å²) in [5.74, 6) is 1.50. The average molecular weight is 836 g/mol. The first-order valence-corrected chi connectivity index (χ1v) is 22.9. The first-order valence-electron chi connectivity index (χ1n) is 22.9. The van der Waals surface area contributed by atoms with Crippen molar-refractivity contribution in [2.24, 2.45) is 16.8 Å². The molecule has 2 aromatic heterocycles. The zero-order valence-electron chi connectivity index (χ0n) is 36.8. The van der Waals surface area contributed by atoms with Crippen molar-refractivity contribution in [2.45, 2.75) is 31.1 Å². The lowest BCUT2D eigenvalue weighted by Crippen LogP contribution is -2.38. The van der Waals surface area contributed by atoms with Gasteiger partial charge in [0.15, 0.2) is 0 Å². The van der Waals surface area contributed by atoms with E-state index in [1.54, 1.807) is 0 Å². The summed E-state index contributed by atoms with van der Waals surface area (Å²) in [6, 6.07) is 58.8. The predicted molar refractivity (Wildman–Crippen MR) is 275 cm³/mol. The van der Waals surface area contributed by atoms with Crippen LogP contribution in [0.1, 0.15) is 59.1 Å². The molecular weight excluding hydrogens is 787 g/mol. The van der Waals surface area contributed by atoms with Gasteiger partial charge in [0.05, 0.1) is 27.8 Å². The largest absolute Gasteiger partial charge is 0.314 e. The fourth-order valence-electron chi connectivity index (χ4n) is 12.3. The summed E-state index contributed by atoms with van der Waals surface area (Å²) in [5, 5.41) is 5.15. The Morgan fingerprint density at radius 2 is 1.08 bits per heavy atom. The molecule has 0 radical (unpaired) electrons. The molecule has 0 saturated carbocycles. The van der Waals surface area contributed by atoms with Crippen molar-refractivity contribution in [3.05, 3.63) is 259 Å². The summed E-state index contributed by atoms with van der Waals surface area (Å²) in [7, 11) is 0. The minimum Gasteiger partial charge on any atom is -0.314 e. The van der Waals surface area contributed by atoms with Crippen LogP contribution < -0.4 is 0 Å². The molecule has 3 heteroatoms. The van der Waals surface area contributed by atoms with Crippen LogP contribution in [-0.4, -0.2) is 14.8 Å². The Kier molecular flexibility index (Phi) is 9.10. The van der Waals surface area contributed by atoms with Gasteiger partial charge in [0.1, 0.15) is 0 Å². The molecule has 5 atom stereocenters. The highest BCUT2D eigenvalue weighted by molar-refractivity contribution is 6.29. The van der Waals surface area contributed by atoms with E-state index >= 15 is 0 Å². The molecule has 0 saturated heterocycles. The molecule has 5 unspecified atom stereocenters. The zero-order valence-corrected chi connectivity index (χ0v) is 36.8. The van der Waals surface area contributed by atoms with Gasteiger partial charge in [-0.05, 0) is 83.6 Å². The van der Waals surface area contributed by atoms with E-state index in [9.17, 15) is 0 Å². The lowest BCUT2D eigenvalue weighted by Gasteiger charge is -2.40. The van der Waals surface area contributed by atoms with Gasteiger partial charge in [-0.15, -0.1) is 0 Å². The van der Waals surface area contributed by atoms with Crippen LogP contribution in [0, 0.1) is 11.8 Å². The maximum atomic E-state index is 5.03. The van der Waals surface area contributed by atoms with E-state index in [2.05, 4.69) is 230 Å². The van der Waals surface area contributed by atoms with E-state index < -0.39 is 0 Å². The van der Waals surface area contributed by atoms with E-state index in [0.29, 0.717) is 23.7 Å². The molecule has 0 N–H and O–H groups in total. The van der Waals surface area contributed by atoms with Crippen molar-refractivity contribution < 1.29 is 0 Å². The summed E-state index contributed by atoms with van der Waals surface area (Å²) >= 11 is 0.